The lowest BCUT2D eigenvalue weighted by molar-refractivity contribution is -0.122. The van der Waals surface area contributed by atoms with Crippen molar-refractivity contribution in [1.82, 2.24) is 5.32 Å². The van der Waals surface area contributed by atoms with E-state index in [9.17, 15) is 14.7 Å². The molecule has 0 radical (unpaired) electrons. The summed E-state index contributed by atoms with van der Waals surface area (Å²) in [5, 5.41) is 12.4. The first-order valence-corrected chi connectivity index (χ1v) is 9.65. The number of phenolic OH excluding ortho intramolecular Hbond substituents is 1. The Kier molecular flexibility index (Phi) is 5.81. The van der Waals surface area contributed by atoms with Crippen LogP contribution in [0.15, 0.2) is 46.4 Å². The fraction of sp³-hybridized carbons (Fsp3) is 0.150. The van der Waals surface area contributed by atoms with Crippen LogP contribution in [0.3, 0.4) is 0 Å². The fourth-order valence-corrected chi connectivity index (χ4v) is 3.55. The fourth-order valence-electron chi connectivity index (χ4n) is 2.80. The molecule has 0 saturated carbocycles. The highest BCUT2D eigenvalue weighted by atomic mass is 79.9. The molecule has 0 aliphatic carbocycles. The molecule has 0 atom stereocenters. The van der Waals surface area contributed by atoms with Crippen molar-refractivity contribution in [1.29, 1.82) is 0 Å². The number of anilines is 1. The highest BCUT2D eigenvalue weighted by Gasteiger charge is 2.35. The van der Waals surface area contributed by atoms with Crippen LogP contribution in [-0.4, -0.2) is 28.6 Å². The van der Waals surface area contributed by atoms with Gasteiger partial charge in [0.1, 0.15) is 5.57 Å². The summed E-state index contributed by atoms with van der Waals surface area (Å²) in [6.07, 6.45) is 1.45. The number of carbonyl (C=O) groups is 2. The Bertz CT molecular complexity index is 1020. The van der Waals surface area contributed by atoms with Crippen molar-refractivity contribution in [3.63, 3.8) is 0 Å². The molecule has 2 aromatic rings. The summed E-state index contributed by atoms with van der Waals surface area (Å²) >= 11 is 8.62. The van der Waals surface area contributed by atoms with Crippen molar-refractivity contribution in [2.75, 3.05) is 11.5 Å². The van der Waals surface area contributed by atoms with Gasteiger partial charge in [-0.2, -0.15) is 0 Å². The van der Waals surface area contributed by atoms with Crippen LogP contribution in [-0.2, 0) is 9.59 Å². The highest BCUT2D eigenvalue weighted by molar-refractivity contribution is 9.10. The zero-order valence-electron chi connectivity index (χ0n) is 15.2. The summed E-state index contributed by atoms with van der Waals surface area (Å²) in [7, 11) is 0. The molecule has 2 N–H and O–H groups in total. The zero-order chi connectivity index (χ0) is 20.4. The number of nitrogens with one attached hydrogen (secondary N) is 1. The molecular formula is C20H17BrN2O4S. The minimum Gasteiger partial charge on any atom is -0.504 e. The van der Waals surface area contributed by atoms with E-state index in [1.165, 1.54) is 17.0 Å². The van der Waals surface area contributed by atoms with Gasteiger partial charge in [-0.15, -0.1) is 0 Å². The first-order chi connectivity index (χ1) is 13.3. The summed E-state index contributed by atoms with van der Waals surface area (Å²) in [6, 6.07) is 10.0. The number of rotatable bonds is 4. The van der Waals surface area contributed by atoms with Crippen LogP contribution in [0.2, 0.25) is 0 Å². The number of hydrogen-bond donors (Lipinski definition) is 2. The van der Waals surface area contributed by atoms with Gasteiger partial charge >= 0.3 is 0 Å². The van der Waals surface area contributed by atoms with Crippen LogP contribution in [0.4, 0.5) is 5.69 Å². The van der Waals surface area contributed by atoms with Crippen molar-refractivity contribution in [2.24, 2.45) is 0 Å². The number of carbonyl (C=O) groups excluding carboxylic acids is 2. The number of nitrogens with zero attached hydrogens (tertiary/aromatic N) is 1. The third-order valence-corrected chi connectivity index (χ3v) is 4.87. The summed E-state index contributed by atoms with van der Waals surface area (Å²) in [5.41, 5.74) is 1.89. The number of hydrogen-bond acceptors (Lipinski definition) is 5. The Morgan fingerprint density at radius 3 is 2.68 bits per heavy atom. The number of amides is 2. The topological polar surface area (TPSA) is 78.9 Å². The van der Waals surface area contributed by atoms with E-state index in [1.54, 1.807) is 31.2 Å². The zero-order valence-corrected chi connectivity index (χ0v) is 17.6. The second kappa shape index (κ2) is 8.12. The van der Waals surface area contributed by atoms with E-state index in [1.807, 2.05) is 13.0 Å². The predicted octanol–water partition coefficient (Wildman–Crippen LogP) is 3.69. The van der Waals surface area contributed by atoms with Crippen molar-refractivity contribution in [2.45, 2.75) is 13.8 Å². The number of thiocarbonyl (C=S) groups is 1. The van der Waals surface area contributed by atoms with Crippen LogP contribution in [0, 0.1) is 6.92 Å². The van der Waals surface area contributed by atoms with Crippen molar-refractivity contribution < 1.29 is 19.4 Å². The van der Waals surface area contributed by atoms with Gasteiger partial charge in [0.2, 0.25) is 0 Å². The molecule has 28 heavy (non-hydrogen) atoms. The highest BCUT2D eigenvalue weighted by Crippen LogP contribution is 2.30. The number of aromatic hydroxyl groups is 1. The molecule has 1 fully saturated rings. The summed E-state index contributed by atoms with van der Waals surface area (Å²) < 4.78 is 6.23. The molecule has 144 valence electrons. The maximum atomic E-state index is 13.1. The van der Waals surface area contributed by atoms with Gasteiger partial charge in [-0.05, 0) is 73.6 Å². The maximum Gasteiger partial charge on any atom is 0.270 e. The van der Waals surface area contributed by atoms with E-state index in [0.29, 0.717) is 17.9 Å². The Balaban J connectivity index is 2.02. The molecule has 0 unspecified atom stereocenters. The van der Waals surface area contributed by atoms with Gasteiger partial charge in [0.15, 0.2) is 16.6 Å². The first-order valence-electron chi connectivity index (χ1n) is 8.45. The molecule has 1 aliphatic heterocycles. The third-order valence-electron chi connectivity index (χ3n) is 4.10. The van der Waals surface area contributed by atoms with Crippen LogP contribution >= 0.6 is 28.1 Å². The number of ether oxygens (including phenoxy) is 1. The van der Waals surface area contributed by atoms with E-state index in [-0.39, 0.29) is 22.2 Å². The van der Waals surface area contributed by atoms with Crippen molar-refractivity contribution in [3.05, 3.63) is 57.6 Å². The van der Waals surface area contributed by atoms with Crippen LogP contribution in [0.5, 0.6) is 11.5 Å². The van der Waals surface area contributed by atoms with Crippen LogP contribution in [0.25, 0.3) is 6.08 Å². The molecule has 0 aromatic heterocycles. The number of halogens is 1. The molecule has 8 heteroatoms. The van der Waals surface area contributed by atoms with E-state index in [2.05, 4.69) is 21.2 Å². The quantitative estimate of drug-likeness (QED) is 0.413. The Hall–Kier alpha value is -2.71. The predicted molar refractivity (Wildman–Crippen MR) is 114 cm³/mol. The first kappa shape index (κ1) is 20.0. The Morgan fingerprint density at radius 1 is 1.25 bits per heavy atom. The molecule has 2 aromatic carbocycles. The van der Waals surface area contributed by atoms with Gasteiger partial charge < -0.3 is 9.84 Å². The van der Waals surface area contributed by atoms with Gasteiger partial charge in [0.05, 0.1) is 12.3 Å². The van der Waals surface area contributed by atoms with Crippen molar-refractivity contribution in [3.8, 4) is 11.5 Å². The molecule has 0 bridgehead atoms. The number of phenols is 1. The summed E-state index contributed by atoms with van der Waals surface area (Å²) in [4.78, 5) is 26.8. The van der Waals surface area contributed by atoms with Gasteiger partial charge in [-0.1, -0.05) is 22.0 Å². The monoisotopic (exact) mass is 460 g/mol. The molecular weight excluding hydrogens is 444 g/mol. The second-order valence-electron chi connectivity index (χ2n) is 6.05. The minimum atomic E-state index is -0.577. The second-order valence-corrected chi connectivity index (χ2v) is 7.35. The van der Waals surface area contributed by atoms with E-state index in [0.717, 1.165) is 10.0 Å². The molecule has 1 aliphatic rings. The molecule has 0 spiro atoms. The van der Waals surface area contributed by atoms with Gasteiger partial charge in [-0.3, -0.25) is 19.8 Å². The lowest BCUT2D eigenvalue weighted by Gasteiger charge is -2.30. The normalized spacial score (nSPS) is 15.8. The van der Waals surface area contributed by atoms with Crippen molar-refractivity contribution >= 4 is 56.8 Å². The Morgan fingerprint density at radius 2 is 2.00 bits per heavy atom. The van der Waals surface area contributed by atoms with Crippen LogP contribution < -0.4 is 15.0 Å². The number of aryl methyl sites for hydroxylation is 1. The van der Waals surface area contributed by atoms with Crippen LogP contribution in [0.1, 0.15) is 18.1 Å². The standard InChI is InChI=1S/C20H17BrN2O4S/c1-3-27-17-10-12(4-7-16(17)24)9-14-18(25)22-20(28)23(19(14)26)15-6-5-13(21)8-11(15)2/h4-10,24H,3H2,1-2H3,(H,22,25,28)/b14-9-. The third kappa shape index (κ3) is 3.93. The largest absolute Gasteiger partial charge is 0.504 e. The Labute approximate surface area is 175 Å². The van der Waals surface area contributed by atoms with Gasteiger partial charge in [0, 0.05) is 4.47 Å². The SMILES string of the molecule is CCOc1cc(/C=C2/C(=O)NC(=S)N(c3ccc(Br)cc3C)C2=O)ccc1O. The summed E-state index contributed by atoms with van der Waals surface area (Å²) in [6.45, 7) is 4.02. The molecule has 2 amide bonds. The van der Waals surface area contributed by atoms with Gasteiger partial charge in [-0.25, -0.2) is 0 Å². The van der Waals surface area contributed by atoms with E-state index < -0.39 is 11.8 Å². The lowest BCUT2D eigenvalue weighted by Crippen LogP contribution is -2.54. The molecule has 6 nitrogen and oxygen atoms in total. The minimum absolute atomic E-state index is 0.0169. The lowest BCUT2D eigenvalue weighted by atomic mass is 10.1. The average molecular weight is 461 g/mol. The smallest absolute Gasteiger partial charge is 0.270 e. The number of benzene rings is 2. The molecule has 3 rings (SSSR count). The van der Waals surface area contributed by atoms with E-state index >= 15 is 0 Å². The van der Waals surface area contributed by atoms with E-state index in [4.69, 9.17) is 17.0 Å². The molecule has 1 heterocycles. The average Bonchev–Trinajstić information content (AvgIpc) is 2.63. The summed E-state index contributed by atoms with van der Waals surface area (Å²) in [5.74, 6) is -0.842. The van der Waals surface area contributed by atoms with Gasteiger partial charge in [0.25, 0.3) is 11.8 Å². The molecule has 1 saturated heterocycles. The maximum absolute atomic E-state index is 13.1.